The van der Waals surface area contributed by atoms with Gasteiger partial charge in [0.25, 0.3) is 0 Å². The molecule has 0 radical (unpaired) electrons. The van der Waals surface area contributed by atoms with Crippen LogP contribution >= 0.6 is 11.6 Å². The molecule has 0 spiro atoms. The van der Waals surface area contributed by atoms with Crippen molar-refractivity contribution in [1.29, 1.82) is 0 Å². The van der Waals surface area contributed by atoms with Gasteiger partial charge in [0.15, 0.2) is 0 Å². The maximum absolute atomic E-state index is 5.71. The summed E-state index contributed by atoms with van der Waals surface area (Å²) in [7, 11) is 2.17. The number of nitrogens with one attached hydrogen (secondary N) is 1. The maximum Gasteiger partial charge on any atom is 0.224 e. The Hall–Kier alpha value is -0.910. The van der Waals surface area contributed by atoms with E-state index >= 15 is 0 Å². The van der Waals surface area contributed by atoms with Crippen molar-refractivity contribution in [3.05, 3.63) is 17.5 Å². The van der Waals surface area contributed by atoms with Gasteiger partial charge >= 0.3 is 0 Å². The molecule has 0 aromatic carbocycles. The summed E-state index contributed by atoms with van der Waals surface area (Å²) in [6, 6.07) is 1.83. The van der Waals surface area contributed by atoms with Crippen molar-refractivity contribution in [2.75, 3.05) is 51.6 Å². The predicted octanol–water partition coefficient (Wildman–Crippen LogP) is 0.789. The van der Waals surface area contributed by atoms with Gasteiger partial charge in [0.05, 0.1) is 0 Å². The van der Waals surface area contributed by atoms with E-state index in [1.165, 1.54) is 0 Å². The number of halogens is 1. The third-order valence-corrected chi connectivity index (χ3v) is 3.14. The highest BCUT2D eigenvalue weighted by molar-refractivity contribution is 6.28. The van der Waals surface area contributed by atoms with Crippen LogP contribution in [0.25, 0.3) is 0 Å². The van der Waals surface area contributed by atoms with Gasteiger partial charge < -0.3 is 10.2 Å². The highest BCUT2D eigenvalue weighted by Gasteiger charge is 2.12. The Morgan fingerprint density at radius 2 is 2.12 bits per heavy atom. The molecule has 1 saturated heterocycles. The summed E-state index contributed by atoms with van der Waals surface area (Å²) in [4.78, 5) is 12.7. The highest BCUT2D eigenvalue weighted by Crippen LogP contribution is 2.05. The fraction of sp³-hybridized carbons (Fsp3) is 0.636. The number of likely N-dealkylation sites (N-methyl/N-ethyl adjacent to an activating group) is 1. The minimum absolute atomic E-state index is 0.287. The molecule has 0 saturated carbocycles. The monoisotopic (exact) mass is 255 g/mol. The maximum atomic E-state index is 5.71. The number of piperazine rings is 1. The molecule has 17 heavy (non-hydrogen) atoms. The van der Waals surface area contributed by atoms with Crippen LogP contribution < -0.4 is 5.32 Å². The van der Waals surface area contributed by atoms with E-state index < -0.39 is 0 Å². The van der Waals surface area contributed by atoms with Crippen molar-refractivity contribution >= 4 is 17.4 Å². The molecule has 5 nitrogen and oxygen atoms in total. The Balaban J connectivity index is 1.69. The summed E-state index contributed by atoms with van der Waals surface area (Å²) in [5.74, 6) is 0.791. The minimum Gasteiger partial charge on any atom is -0.369 e. The van der Waals surface area contributed by atoms with E-state index in [4.69, 9.17) is 11.6 Å². The van der Waals surface area contributed by atoms with Crippen molar-refractivity contribution in [3.8, 4) is 0 Å². The van der Waals surface area contributed by atoms with Crippen LogP contribution in [0.4, 0.5) is 5.82 Å². The third-order valence-electron chi connectivity index (χ3n) is 2.96. The second kappa shape index (κ2) is 6.14. The molecular weight excluding hydrogens is 238 g/mol. The molecule has 94 valence electrons. The van der Waals surface area contributed by atoms with Crippen molar-refractivity contribution in [1.82, 2.24) is 19.8 Å². The summed E-state index contributed by atoms with van der Waals surface area (Å²) < 4.78 is 0. The molecule has 2 heterocycles. The van der Waals surface area contributed by atoms with Crippen LogP contribution in [0.3, 0.4) is 0 Å². The number of aromatic nitrogens is 2. The number of hydrogen-bond acceptors (Lipinski definition) is 5. The quantitative estimate of drug-likeness (QED) is 0.806. The zero-order valence-electron chi connectivity index (χ0n) is 10.1. The lowest BCUT2D eigenvalue weighted by Gasteiger charge is -2.32. The van der Waals surface area contributed by atoms with Crippen molar-refractivity contribution in [3.63, 3.8) is 0 Å². The molecule has 2 rings (SSSR count). The zero-order chi connectivity index (χ0) is 12.1. The first-order valence-electron chi connectivity index (χ1n) is 5.87. The molecule has 0 amide bonds. The van der Waals surface area contributed by atoms with Crippen molar-refractivity contribution in [2.24, 2.45) is 0 Å². The molecule has 1 N–H and O–H groups in total. The lowest BCUT2D eigenvalue weighted by atomic mass is 10.3. The predicted molar refractivity (Wildman–Crippen MR) is 69.5 cm³/mol. The van der Waals surface area contributed by atoms with Gasteiger partial charge in [0.2, 0.25) is 5.28 Å². The Kier molecular flexibility index (Phi) is 4.53. The minimum atomic E-state index is 0.287. The van der Waals surface area contributed by atoms with Gasteiger partial charge in [-0.15, -0.1) is 0 Å². The van der Waals surface area contributed by atoms with E-state index in [0.29, 0.717) is 0 Å². The SMILES string of the molecule is CN1CCN(CCNc2ccnc(Cl)n2)CC1. The molecule has 0 bridgehead atoms. The van der Waals surface area contributed by atoms with Crippen LogP contribution in [0.5, 0.6) is 0 Å². The molecular formula is C11H18ClN5. The van der Waals surface area contributed by atoms with Gasteiger partial charge in [-0.2, -0.15) is 0 Å². The Morgan fingerprint density at radius 3 is 2.82 bits per heavy atom. The van der Waals surface area contributed by atoms with Crippen molar-refractivity contribution in [2.45, 2.75) is 0 Å². The topological polar surface area (TPSA) is 44.3 Å². The normalized spacial score (nSPS) is 18.2. The van der Waals surface area contributed by atoms with E-state index in [1.54, 1.807) is 6.20 Å². The van der Waals surface area contributed by atoms with Gasteiger partial charge in [-0.1, -0.05) is 0 Å². The van der Waals surface area contributed by atoms with E-state index in [1.807, 2.05) is 6.07 Å². The van der Waals surface area contributed by atoms with E-state index in [0.717, 1.165) is 45.1 Å². The summed E-state index contributed by atoms with van der Waals surface area (Å²) in [6.07, 6.45) is 1.66. The van der Waals surface area contributed by atoms with Gasteiger partial charge in [0, 0.05) is 45.5 Å². The average Bonchev–Trinajstić information content (AvgIpc) is 2.32. The van der Waals surface area contributed by atoms with Gasteiger partial charge in [0.1, 0.15) is 5.82 Å². The van der Waals surface area contributed by atoms with Crippen LogP contribution in [0.15, 0.2) is 12.3 Å². The number of hydrogen-bond donors (Lipinski definition) is 1. The fourth-order valence-electron chi connectivity index (χ4n) is 1.85. The number of anilines is 1. The van der Waals surface area contributed by atoms with Crippen LogP contribution in [0.2, 0.25) is 5.28 Å². The molecule has 0 unspecified atom stereocenters. The number of rotatable bonds is 4. The highest BCUT2D eigenvalue weighted by atomic mass is 35.5. The summed E-state index contributed by atoms with van der Waals surface area (Å²) in [5.41, 5.74) is 0. The summed E-state index contributed by atoms with van der Waals surface area (Å²) >= 11 is 5.71. The molecule has 1 aliphatic rings. The third kappa shape index (κ3) is 4.11. The van der Waals surface area contributed by atoms with Gasteiger partial charge in [-0.3, -0.25) is 4.90 Å². The Morgan fingerprint density at radius 1 is 1.35 bits per heavy atom. The van der Waals surface area contributed by atoms with E-state index in [2.05, 4.69) is 32.1 Å². The zero-order valence-corrected chi connectivity index (χ0v) is 10.8. The number of nitrogens with zero attached hydrogens (tertiary/aromatic N) is 4. The molecule has 1 aromatic rings. The van der Waals surface area contributed by atoms with Crippen molar-refractivity contribution < 1.29 is 0 Å². The summed E-state index contributed by atoms with van der Waals surface area (Å²) in [6.45, 7) is 6.51. The van der Waals surface area contributed by atoms with Crippen LogP contribution in [0.1, 0.15) is 0 Å². The Labute approximate surface area is 107 Å². The molecule has 0 aliphatic carbocycles. The second-order valence-corrected chi connectivity index (χ2v) is 4.62. The van der Waals surface area contributed by atoms with Crippen LogP contribution in [-0.4, -0.2) is 66.1 Å². The largest absolute Gasteiger partial charge is 0.369 e. The van der Waals surface area contributed by atoms with Crippen LogP contribution in [0, 0.1) is 0 Å². The molecule has 1 aromatic heterocycles. The standard InChI is InChI=1S/C11H18ClN5/c1-16-6-8-17(9-7-16)5-4-13-10-2-3-14-11(12)15-10/h2-3H,4-9H2,1H3,(H,13,14,15). The van der Waals surface area contributed by atoms with Crippen LogP contribution in [-0.2, 0) is 0 Å². The average molecular weight is 256 g/mol. The molecule has 6 heteroatoms. The molecule has 1 fully saturated rings. The van der Waals surface area contributed by atoms with Gasteiger partial charge in [-0.25, -0.2) is 9.97 Å². The van der Waals surface area contributed by atoms with E-state index in [9.17, 15) is 0 Å². The second-order valence-electron chi connectivity index (χ2n) is 4.28. The smallest absolute Gasteiger partial charge is 0.224 e. The summed E-state index contributed by atoms with van der Waals surface area (Å²) in [5, 5.41) is 3.54. The fourth-order valence-corrected chi connectivity index (χ4v) is 1.99. The first kappa shape index (κ1) is 12.5. The lowest BCUT2D eigenvalue weighted by molar-refractivity contribution is 0.158. The first-order chi connectivity index (χ1) is 8.24. The Bertz CT molecular complexity index is 351. The lowest BCUT2D eigenvalue weighted by Crippen LogP contribution is -2.45. The van der Waals surface area contributed by atoms with E-state index in [-0.39, 0.29) is 5.28 Å². The first-order valence-corrected chi connectivity index (χ1v) is 6.25. The molecule has 1 aliphatic heterocycles. The van der Waals surface area contributed by atoms with Gasteiger partial charge in [-0.05, 0) is 24.7 Å². The molecule has 0 atom stereocenters.